The van der Waals surface area contributed by atoms with E-state index in [-0.39, 0.29) is 0 Å². The molecular formula is C11H17N. The van der Waals surface area contributed by atoms with Gasteiger partial charge in [-0.3, -0.25) is 4.90 Å². The molecular weight excluding hydrogens is 146 g/mol. The average molecular weight is 163 g/mol. The third-order valence-corrected chi connectivity index (χ3v) is 5.43. The van der Waals surface area contributed by atoms with E-state index in [4.69, 9.17) is 0 Å². The van der Waals surface area contributed by atoms with Gasteiger partial charge in [0.05, 0.1) is 0 Å². The molecule has 0 aromatic carbocycles. The highest BCUT2D eigenvalue weighted by Gasteiger charge is 2.68. The van der Waals surface area contributed by atoms with E-state index < -0.39 is 0 Å². The fourth-order valence-corrected chi connectivity index (χ4v) is 5.17. The third kappa shape index (κ3) is 0.433. The summed E-state index contributed by atoms with van der Waals surface area (Å²) in [4.78, 5) is 2.84. The summed E-state index contributed by atoms with van der Waals surface area (Å²) in [6.45, 7) is 2.91. The second kappa shape index (κ2) is 1.75. The SMILES string of the molecule is C1CC2CCN3CC4CCC1C243. The highest BCUT2D eigenvalue weighted by atomic mass is 15.3. The van der Waals surface area contributed by atoms with Crippen molar-refractivity contribution in [3.05, 3.63) is 0 Å². The summed E-state index contributed by atoms with van der Waals surface area (Å²) in [5, 5.41) is 0. The van der Waals surface area contributed by atoms with Crippen molar-refractivity contribution in [1.82, 2.24) is 4.90 Å². The van der Waals surface area contributed by atoms with Crippen molar-refractivity contribution in [2.75, 3.05) is 13.1 Å². The fraction of sp³-hybridized carbons (Fsp3) is 1.00. The molecule has 4 rings (SSSR count). The number of rotatable bonds is 0. The molecule has 0 aromatic rings. The van der Waals surface area contributed by atoms with Gasteiger partial charge in [-0.15, -0.1) is 0 Å². The molecule has 0 radical (unpaired) electrons. The van der Waals surface area contributed by atoms with Gasteiger partial charge in [0, 0.05) is 12.1 Å². The van der Waals surface area contributed by atoms with Crippen molar-refractivity contribution in [2.24, 2.45) is 17.8 Å². The Morgan fingerprint density at radius 1 is 0.833 bits per heavy atom. The summed E-state index contributed by atoms with van der Waals surface area (Å²) in [5.74, 6) is 3.39. The first-order valence-corrected chi connectivity index (χ1v) is 5.67. The molecule has 0 amide bonds. The summed E-state index contributed by atoms with van der Waals surface area (Å²) >= 11 is 0. The lowest BCUT2D eigenvalue weighted by atomic mass is 9.71. The van der Waals surface area contributed by atoms with Crippen LogP contribution in [-0.2, 0) is 0 Å². The van der Waals surface area contributed by atoms with Crippen LogP contribution in [0.1, 0.15) is 32.1 Å². The van der Waals surface area contributed by atoms with Gasteiger partial charge in [0.25, 0.3) is 0 Å². The van der Waals surface area contributed by atoms with Crippen molar-refractivity contribution < 1.29 is 0 Å². The molecule has 1 heteroatoms. The molecule has 12 heavy (non-hydrogen) atoms. The summed E-state index contributed by atoms with van der Waals surface area (Å²) < 4.78 is 0. The van der Waals surface area contributed by atoms with Crippen LogP contribution >= 0.6 is 0 Å². The first-order valence-electron chi connectivity index (χ1n) is 5.67. The number of nitrogens with zero attached hydrogens (tertiary/aromatic N) is 1. The van der Waals surface area contributed by atoms with Crippen molar-refractivity contribution in [3.63, 3.8) is 0 Å². The van der Waals surface area contributed by atoms with Crippen molar-refractivity contribution in [1.29, 1.82) is 0 Å². The molecule has 2 aliphatic carbocycles. The zero-order chi connectivity index (χ0) is 7.76. The van der Waals surface area contributed by atoms with Crippen LogP contribution in [0.3, 0.4) is 0 Å². The minimum Gasteiger partial charge on any atom is -0.296 e. The Balaban J connectivity index is 1.87. The maximum Gasteiger partial charge on any atom is 0.0306 e. The molecule has 66 valence electrons. The van der Waals surface area contributed by atoms with Crippen LogP contribution in [0.4, 0.5) is 0 Å². The predicted octanol–water partition coefficient (Wildman–Crippen LogP) is 1.88. The quantitative estimate of drug-likeness (QED) is 0.527. The average Bonchev–Trinajstić information content (AvgIpc) is 2.60. The molecule has 1 nitrogen and oxygen atoms in total. The monoisotopic (exact) mass is 163 g/mol. The smallest absolute Gasteiger partial charge is 0.0306 e. The van der Waals surface area contributed by atoms with Gasteiger partial charge in [-0.2, -0.15) is 0 Å². The summed E-state index contributed by atoms with van der Waals surface area (Å²) in [6, 6.07) is 0. The first kappa shape index (κ1) is 6.42. The van der Waals surface area contributed by atoms with Crippen LogP contribution in [-0.4, -0.2) is 23.5 Å². The standard InChI is InChI=1S/C11H17N/c1-2-9-5-6-12-7-10-4-3-8(1)11(9,10)12/h8-10H,1-7H2. The van der Waals surface area contributed by atoms with E-state index in [1.165, 1.54) is 19.5 Å². The van der Waals surface area contributed by atoms with Crippen molar-refractivity contribution in [2.45, 2.75) is 37.6 Å². The Labute approximate surface area is 74.1 Å². The lowest BCUT2D eigenvalue weighted by Crippen LogP contribution is -2.64. The molecule has 0 bridgehead atoms. The van der Waals surface area contributed by atoms with Crippen LogP contribution in [0.15, 0.2) is 0 Å². The molecule has 2 aliphatic heterocycles. The van der Waals surface area contributed by atoms with Gasteiger partial charge >= 0.3 is 0 Å². The minimum atomic E-state index is 0.806. The lowest BCUT2D eigenvalue weighted by molar-refractivity contribution is -0.0583. The van der Waals surface area contributed by atoms with E-state index >= 15 is 0 Å². The van der Waals surface area contributed by atoms with Crippen LogP contribution in [0.25, 0.3) is 0 Å². The highest BCUT2D eigenvalue weighted by Crippen LogP contribution is 2.66. The van der Waals surface area contributed by atoms with E-state index in [1.807, 2.05) is 0 Å². The molecule has 0 aromatic heterocycles. The van der Waals surface area contributed by atoms with Crippen LogP contribution in [0.2, 0.25) is 0 Å². The van der Waals surface area contributed by atoms with Crippen molar-refractivity contribution >= 4 is 0 Å². The van der Waals surface area contributed by atoms with E-state index in [1.54, 1.807) is 25.7 Å². The summed E-state index contributed by atoms with van der Waals surface area (Å²) in [7, 11) is 0. The topological polar surface area (TPSA) is 3.24 Å². The molecule has 2 saturated carbocycles. The summed E-state index contributed by atoms with van der Waals surface area (Å²) in [5.41, 5.74) is 0.806. The molecule has 4 unspecified atom stereocenters. The van der Waals surface area contributed by atoms with Gasteiger partial charge in [-0.1, -0.05) is 0 Å². The number of hydrogen-bond acceptors (Lipinski definition) is 1. The predicted molar refractivity (Wildman–Crippen MR) is 47.9 cm³/mol. The van der Waals surface area contributed by atoms with Crippen LogP contribution in [0.5, 0.6) is 0 Å². The van der Waals surface area contributed by atoms with E-state index in [0.717, 1.165) is 23.3 Å². The Hall–Kier alpha value is -0.0400. The minimum absolute atomic E-state index is 0.806. The molecule has 0 N–H and O–H groups in total. The van der Waals surface area contributed by atoms with E-state index in [9.17, 15) is 0 Å². The van der Waals surface area contributed by atoms with Gasteiger partial charge < -0.3 is 0 Å². The zero-order valence-corrected chi connectivity index (χ0v) is 7.63. The van der Waals surface area contributed by atoms with Crippen molar-refractivity contribution in [3.8, 4) is 0 Å². The highest BCUT2D eigenvalue weighted by molar-refractivity contribution is 5.22. The van der Waals surface area contributed by atoms with Gasteiger partial charge in [0.15, 0.2) is 0 Å². The van der Waals surface area contributed by atoms with Gasteiger partial charge in [0.1, 0.15) is 0 Å². The molecule has 4 atom stereocenters. The second-order valence-corrected chi connectivity index (χ2v) is 5.37. The summed E-state index contributed by atoms with van der Waals surface area (Å²) in [6.07, 6.45) is 7.80. The van der Waals surface area contributed by atoms with Gasteiger partial charge in [0.2, 0.25) is 0 Å². The third-order valence-electron chi connectivity index (χ3n) is 5.43. The van der Waals surface area contributed by atoms with Gasteiger partial charge in [-0.25, -0.2) is 0 Å². The van der Waals surface area contributed by atoms with Crippen LogP contribution < -0.4 is 0 Å². The molecule has 1 spiro atoms. The largest absolute Gasteiger partial charge is 0.296 e. The first-order chi connectivity index (χ1) is 5.92. The normalized spacial score (nSPS) is 61.5. The number of hydrogen-bond donors (Lipinski definition) is 0. The zero-order valence-electron chi connectivity index (χ0n) is 7.63. The van der Waals surface area contributed by atoms with E-state index in [0.29, 0.717) is 0 Å². The lowest BCUT2D eigenvalue weighted by Gasteiger charge is -2.54. The van der Waals surface area contributed by atoms with Gasteiger partial charge in [-0.05, 0) is 56.4 Å². The molecule has 4 fully saturated rings. The Bertz CT molecular complexity index is 207. The maximum atomic E-state index is 2.84. The fourth-order valence-electron chi connectivity index (χ4n) is 5.17. The molecule has 2 heterocycles. The Kier molecular flexibility index (Phi) is 0.934. The van der Waals surface area contributed by atoms with E-state index in [2.05, 4.69) is 4.90 Å². The van der Waals surface area contributed by atoms with Crippen LogP contribution in [0, 0.1) is 17.8 Å². The maximum absolute atomic E-state index is 2.84. The molecule has 2 saturated heterocycles. The Morgan fingerprint density at radius 3 is 2.33 bits per heavy atom. The molecule has 4 aliphatic rings. The Morgan fingerprint density at radius 2 is 1.50 bits per heavy atom. The second-order valence-electron chi connectivity index (χ2n) is 5.37.